The maximum atomic E-state index is 11.5. The smallest absolute Gasteiger partial charge is 0.216 e. The summed E-state index contributed by atoms with van der Waals surface area (Å²) in [6, 6.07) is 0. The van der Waals surface area contributed by atoms with Crippen LogP contribution < -0.4 is 4.72 Å². The van der Waals surface area contributed by atoms with Crippen LogP contribution in [0, 0.1) is 0 Å². The third-order valence-corrected chi connectivity index (χ3v) is 4.78. The molecule has 1 rings (SSSR count). The van der Waals surface area contributed by atoms with Gasteiger partial charge in [-0.15, -0.1) is 0 Å². The SMILES string of the molecule is CC(CO)S(=O)(=O)NCCN1CCCCC1. The third-order valence-electron chi connectivity index (χ3n) is 2.97. The number of hydrogen-bond donors (Lipinski definition) is 2. The van der Waals surface area contributed by atoms with Crippen LogP contribution in [0.15, 0.2) is 0 Å². The first-order valence-electron chi connectivity index (χ1n) is 5.88. The lowest BCUT2D eigenvalue weighted by atomic mass is 10.1. The number of likely N-dealkylation sites (tertiary alicyclic amines) is 1. The number of hydrogen-bond acceptors (Lipinski definition) is 4. The minimum Gasteiger partial charge on any atom is -0.395 e. The van der Waals surface area contributed by atoms with Crippen molar-refractivity contribution in [2.75, 3.05) is 32.8 Å². The molecule has 0 radical (unpaired) electrons. The Hall–Kier alpha value is -0.170. The van der Waals surface area contributed by atoms with Gasteiger partial charge in [-0.3, -0.25) is 0 Å². The summed E-state index contributed by atoms with van der Waals surface area (Å²) < 4.78 is 25.6. The standard InChI is InChI=1S/C10H22N2O3S/c1-10(9-13)16(14,15)11-5-8-12-6-3-2-4-7-12/h10-11,13H,2-9H2,1H3. The lowest BCUT2D eigenvalue weighted by Gasteiger charge is -2.26. The van der Waals surface area contributed by atoms with Crippen LogP contribution in [-0.4, -0.2) is 56.5 Å². The predicted molar refractivity (Wildman–Crippen MR) is 63.8 cm³/mol. The second kappa shape index (κ2) is 6.54. The fourth-order valence-electron chi connectivity index (χ4n) is 1.77. The van der Waals surface area contributed by atoms with Crippen LogP contribution in [0.2, 0.25) is 0 Å². The highest BCUT2D eigenvalue weighted by atomic mass is 32.2. The highest BCUT2D eigenvalue weighted by Gasteiger charge is 2.19. The van der Waals surface area contributed by atoms with Gasteiger partial charge in [0.25, 0.3) is 0 Å². The van der Waals surface area contributed by atoms with Crippen molar-refractivity contribution in [2.24, 2.45) is 0 Å². The normalized spacial score (nSPS) is 20.9. The van der Waals surface area contributed by atoms with Crippen LogP contribution in [0.4, 0.5) is 0 Å². The molecule has 0 bridgehead atoms. The molecule has 0 aromatic carbocycles. The van der Waals surface area contributed by atoms with E-state index >= 15 is 0 Å². The van der Waals surface area contributed by atoms with Gasteiger partial charge in [0.1, 0.15) is 0 Å². The lowest BCUT2D eigenvalue weighted by Crippen LogP contribution is -2.41. The number of nitrogens with one attached hydrogen (secondary N) is 1. The zero-order chi connectivity index (χ0) is 12.0. The molecule has 5 nitrogen and oxygen atoms in total. The molecule has 0 aliphatic carbocycles. The predicted octanol–water partition coefficient (Wildman–Crippen LogP) is -0.227. The summed E-state index contributed by atoms with van der Waals surface area (Å²) in [5.74, 6) is 0. The molecule has 0 saturated carbocycles. The molecule has 0 amide bonds. The molecule has 96 valence electrons. The van der Waals surface area contributed by atoms with Crippen molar-refractivity contribution in [3.8, 4) is 0 Å². The van der Waals surface area contributed by atoms with Crippen molar-refractivity contribution in [1.82, 2.24) is 9.62 Å². The van der Waals surface area contributed by atoms with E-state index in [1.807, 2.05) is 0 Å². The Kier molecular flexibility index (Phi) is 5.68. The molecular weight excluding hydrogens is 228 g/mol. The van der Waals surface area contributed by atoms with Crippen molar-refractivity contribution < 1.29 is 13.5 Å². The van der Waals surface area contributed by atoms with Crippen molar-refractivity contribution in [3.05, 3.63) is 0 Å². The summed E-state index contributed by atoms with van der Waals surface area (Å²) in [5.41, 5.74) is 0. The van der Waals surface area contributed by atoms with Gasteiger partial charge in [0, 0.05) is 13.1 Å². The van der Waals surface area contributed by atoms with Crippen molar-refractivity contribution in [2.45, 2.75) is 31.4 Å². The van der Waals surface area contributed by atoms with Crippen LogP contribution >= 0.6 is 0 Å². The van der Waals surface area contributed by atoms with Gasteiger partial charge >= 0.3 is 0 Å². The highest BCUT2D eigenvalue weighted by molar-refractivity contribution is 7.90. The van der Waals surface area contributed by atoms with E-state index in [-0.39, 0.29) is 6.61 Å². The number of aliphatic hydroxyl groups excluding tert-OH is 1. The van der Waals surface area contributed by atoms with E-state index in [4.69, 9.17) is 5.11 Å². The summed E-state index contributed by atoms with van der Waals surface area (Å²) in [5, 5.41) is 8.06. The summed E-state index contributed by atoms with van der Waals surface area (Å²) in [7, 11) is -3.34. The quantitative estimate of drug-likeness (QED) is 0.683. The van der Waals surface area contributed by atoms with Crippen molar-refractivity contribution in [1.29, 1.82) is 0 Å². The van der Waals surface area contributed by atoms with Gasteiger partial charge in [-0.2, -0.15) is 0 Å². The van der Waals surface area contributed by atoms with E-state index in [1.165, 1.54) is 26.2 Å². The first kappa shape index (κ1) is 13.9. The molecule has 1 heterocycles. The number of nitrogens with zero attached hydrogens (tertiary/aromatic N) is 1. The average molecular weight is 250 g/mol. The molecule has 16 heavy (non-hydrogen) atoms. The summed E-state index contributed by atoms with van der Waals surface area (Å²) in [6.45, 7) is 4.50. The van der Waals surface area contributed by atoms with Crippen molar-refractivity contribution >= 4 is 10.0 Å². The maximum absolute atomic E-state index is 11.5. The molecule has 0 spiro atoms. The second-order valence-corrected chi connectivity index (χ2v) is 6.52. The Bertz CT molecular complexity index is 286. The van der Waals surface area contributed by atoms with Gasteiger partial charge < -0.3 is 10.0 Å². The van der Waals surface area contributed by atoms with E-state index in [1.54, 1.807) is 0 Å². The topological polar surface area (TPSA) is 69.6 Å². The molecule has 0 aromatic heterocycles. The molecule has 1 unspecified atom stereocenters. The van der Waals surface area contributed by atoms with Gasteiger partial charge in [0.2, 0.25) is 10.0 Å². The largest absolute Gasteiger partial charge is 0.395 e. The van der Waals surface area contributed by atoms with Gasteiger partial charge in [-0.05, 0) is 32.9 Å². The second-order valence-electron chi connectivity index (χ2n) is 4.33. The molecule has 6 heteroatoms. The Morgan fingerprint density at radius 1 is 1.31 bits per heavy atom. The van der Waals surface area contributed by atoms with Gasteiger partial charge in [0.05, 0.1) is 11.9 Å². The first-order valence-corrected chi connectivity index (χ1v) is 7.42. The van der Waals surface area contributed by atoms with Crippen LogP contribution in [0.1, 0.15) is 26.2 Å². The van der Waals surface area contributed by atoms with E-state index in [0.29, 0.717) is 6.54 Å². The summed E-state index contributed by atoms with van der Waals surface area (Å²) in [6.07, 6.45) is 3.70. The van der Waals surface area contributed by atoms with E-state index in [9.17, 15) is 8.42 Å². The molecule has 0 aromatic rings. The Labute approximate surface area is 97.9 Å². The van der Waals surface area contributed by atoms with Gasteiger partial charge in [-0.1, -0.05) is 6.42 Å². The average Bonchev–Trinajstić information content (AvgIpc) is 2.29. The minimum absolute atomic E-state index is 0.334. The number of aliphatic hydroxyl groups is 1. The number of rotatable bonds is 6. The third kappa shape index (κ3) is 4.37. The molecule has 1 saturated heterocycles. The highest BCUT2D eigenvalue weighted by Crippen LogP contribution is 2.07. The molecule has 1 atom stereocenters. The fourth-order valence-corrected chi connectivity index (χ4v) is 2.63. The summed E-state index contributed by atoms with van der Waals surface area (Å²) in [4.78, 5) is 2.27. The van der Waals surface area contributed by atoms with E-state index in [2.05, 4.69) is 9.62 Å². The molecule has 1 fully saturated rings. The Balaban J connectivity index is 2.23. The van der Waals surface area contributed by atoms with E-state index < -0.39 is 15.3 Å². The molecule has 1 aliphatic heterocycles. The Morgan fingerprint density at radius 3 is 2.50 bits per heavy atom. The monoisotopic (exact) mass is 250 g/mol. The van der Waals surface area contributed by atoms with Gasteiger partial charge in [-0.25, -0.2) is 13.1 Å². The van der Waals surface area contributed by atoms with Gasteiger partial charge in [0.15, 0.2) is 0 Å². The van der Waals surface area contributed by atoms with Crippen LogP contribution in [0.25, 0.3) is 0 Å². The number of piperidine rings is 1. The van der Waals surface area contributed by atoms with Crippen LogP contribution in [0.3, 0.4) is 0 Å². The van der Waals surface area contributed by atoms with Crippen molar-refractivity contribution in [3.63, 3.8) is 0 Å². The van der Waals surface area contributed by atoms with Crippen LogP contribution in [-0.2, 0) is 10.0 Å². The number of sulfonamides is 1. The fraction of sp³-hybridized carbons (Fsp3) is 1.00. The minimum atomic E-state index is -3.34. The lowest BCUT2D eigenvalue weighted by molar-refractivity contribution is 0.232. The Morgan fingerprint density at radius 2 is 1.94 bits per heavy atom. The molecular formula is C10H22N2O3S. The summed E-state index contributed by atoms with van der Waals surface area (Å²) >= 11 is 0. The molecule has 2 N–H and O–H groups in total. The first-order chi connectivity index (χ1) is 7.56. The zero-order valence-electron chi connectivity index (χ0n) is 9.85. The zero-order valence-corrected chi connectivity index (χ0v) is 10.7. The van der Waals surface area contributed by atoms with Crippen LogP contribution in [0.5, 0.6) is 0 Å². The molecule has 1 aliphatic rings. The maximum Gasteiger partial charge on any atom is 0.216 e. The van der Waals surface area contributed by atoms with E-state index in [0.717, 1.165) is 19.6 Å².